The van der Waals surface area contributed by atoms with Crippen LogP contribution in [-0.4, -0.2) is 30.3 Å². The number of urea groups is 1. The number of hydrogen-bond donors (Lipinski definition) is 2. The second-order valence-corrected chi connectivity index (χ2v) is 5.60. The lowest BCUT2D eigenvalue weighted by molar-refractivity contribution is 0.112. The molecule has 0 saturated carbocycles. The van der Waals surface area contributed by atoms with E-state index in [1.165, 1.54) is 6.20 Å². The van der Waals surface area contributed by atoms with Crippen LogP contribution in [0.4, 0.5) is 10.5 Å². The van der Waals surface area contributed by atoms with Gasteiger partial charge < -0.3 is 20.1 Å². The molecule has 7 nitrogen and oxygen atoms in total. The molecule has 1 aliphatic heterocycles. The van der Waals surface area contributed by atoms with Gasteiger partial charge in [-0.25, -0.2) is 9.78 Å². The van der Waals surface area contributed by atoms with Gasteiger partial charge in [0.25, 0.3) is 0 Å². The van der Waals surface area contributed by atoms with Crippen molar-refractivity contribution in [1.29, 1.82) is 5.26 Å². The van der Waals surface area contributed by atoms with E-state index >= 15 is 0 Å². The van der Waals surface area contributed by atoms with Gasteiger partial charge in [-0.2, -0.15) is 5.26 Å². The van der Waals surface area contributed by atoms with Gasteiger partial charge in [0.1, 0.15) is 5.75 Å². The molecule has 1 saturated heterocycles. The first-order valence-corrected chi connectivity index (χ1v) is 8.03. The Balaban J connectivity index is 1.51. The molecular weight excluding hydrogens is 320 g/mol. The van der Waals surface area contributed by atoms with Gasteiger partial charge in [-0.05, 0) is 37.1 Å². The van der Waals surface area contributed by atoms with E-state index in [9.17, 15) is 4.79 Å². The summed E-state index contributed by atoms with van der Waals surface area (Å²) in [5.74, 6) is 0.905. The van der Waals surface area contributed by atoms with Crippen LogP contribution in [-0.2, 0) is 4.74 Å². The predicted molar refractivity (Wildman–Crippen MR) is 91.5 cm³/mol. The van der Waals surface area contributed by atoms with Crippen molar-refractivity contribution in [3.8, 4) is 17.7 Å². The minimum Gasteiger partial charge on any atom is -0.439 e. The number of nitriles is 1. The van der Waals surface area contributed by atoms with Crippen molar-refractivity contribution in [2.24, 2.45) is 0 Å². The van der Waals surface area contributed by atoms with E-state index in [-0.39, 0.29) is 12.1 Å². The Morgan fingerprint density at radius 1 is 1.40 bits per heavy atom. The molecule has 2 N–H and O–H groups in total. The summed E-state index contributed by atoms with van der Waals surface area (Å²) < 4.78 is 11.0. The Kier molecular flexibility index (Phi) is 5.44. The molecule has 0 aliphatic carbocycles. The third kappa shape index (κ3) is 4.93. The number of benzene rings is 1. The van der Waals surface area contributed by atoms with Crippen LogP contribution in [0.25, 0.3) is 0 Å². The number of rotatable bonds is 5. The van der Waals surface area contributed by atoms with Crippen molar-refractivity contribution >= 4 is 11.7 Å². The van der Waals surface area contributed by atoms with Gasteiger partial charge in [-0.3, -0.25) is 0 Å². The first-order chi connectivity index (χ1) is 12.2. The fraction of sp³-hybridized carbons (Fsp3) is 0.278. The number of aromatic nitrogens is 1. The zero-order valence-corrected chi connectivity index (χ0v) is 13.6. The van der Waals surface area contributed by atoms with Crippen LogP contribution in [0.5, 0.6) is 11.6 Å². The highest BCUT2D eigenvalue weighted by Gasteiger charge is 2.16. The minimum absolute atomic E-state index is 0.101. The Bertz CT molecular complexity index is 765. The van der Waals surface area contributed by atoms with E-state index in [4.69, 9.17) is 14.7 Å². The summed E-state index contributed by atoms with van der Waals surface area (Å²) in [6.07, 6.45) is 3.62. The standard InChI is InChI=1S/C18H18N4O3/c19-10-13-3-1-4-15(9-13)25-17-7-6-14(11-20-17)22-18(23)21-12-16-5-2-8-24-16/h1,3-4,6-7,9,11,16H,2,5,8,12H2,(H2,21,22,23)/t16-/m0/s1. The topological polar surface area (TPSA) is 96.3 Å². The van der Waals surface area contributed by atoms with E-state index in [0.29, 0.717) is 29.4 Å². The molecule has 2 amide bonds. The maximum absolute atomic E-state index is 11.8. The lowest BCUT2D eigenvalue weighted by Gasteiger charge is -2.12. The highest BCUT2D eigenvalue weighted by Crippen LogP contribution is 2.21. The van der Waals surface area contributed by atoms with E-state index < -0.39 is 0 Å². The normalized spacial score (nSPS) is 16.0. The molecule has 7 heteroatoms. The number of hydrogen-bond acceptors (Lipinski definition) is 5. The number of ether oxygens (including phenoxy) is 2. The number of nitrogens with zero attached hydrogens (tertiary/aromatic N) is 2. The molecular formula is C18H18N4O3. The van der Waals surface area contributed by atoms with Crippen molar-refractivity contribution in [1.82, 2.24) is 10.3 Å². The highest BCUT2D eigenvalue weighted by atomic mass is 16.5. The lowest BCUT2D eigenvalue weighted by Crippen LogP contribution is -2.35. The molecule has 1 aromatic carbocycles. The summed E-state index contributed by atoms with van der Waals surface area (Å²) in [6, 6.07) is 11.9. The van der Waals surface area contributed by atoms with Gasteiger partial charge in [0.15, 0.2) is 0 Å². The van der Waals surface area contributed by atoms with Crippen LogP contribution in [0, 0.1) is 11.3 Å². The minimum atomic E-state index is -0.298. The fourth-order valence-corrected chi connectivity index (χ4v) is 2.45. The zero-order valence-electron chi connectivity index (χ0n) is 13.6. The van der Waals surface area contributed by atoms with Crippen LogP contribution in [0.3, 0.4) is 0 Å². The molecule has 1 fully saturated rings. The molecule has 0 radical (unpaired) electrons. The van der Waals surface area contributed by atoms with Gasteiger partial charge in [-0.15, -0.1) is 0 Å². The van der Waals surface area contributed by atoms with Crippen LogP contribution in [0.15, 0.2) is 42.6 Å². The maximum atomic E-state index is 11.8. The van der Waals surface area contributed by atoms with E-state index in [1.54, 1.807) is 36.4 Å². The molecule has 0 bridgehead atoms. The third-order valence-corrected chi connectivity index (χ3v) is 3.69. The van der Waals surface area contributed by atoms with Gasteiger partial charge in [-0.1, -0.05) is 6.07 Å². The number of carbonyl (C=O) groups is 1. The second-order valence-electron chi connectivity index (χ2n) is 5.60. The SMILES string of the molecule is N#Cc1cccc(Oc2ccc(NC(=O)NC[C@@H]3CCCO3)cn2)c1. The van der Waals surface area contributed by atoms with Crippen molar-refractivity contribution in [3.63, 3.8) is 0 Å². The average molecular weight is 338 g/mol. The summed E-state index contributed by atoms with van der Waals surface area (Å²) in [7, 11) is 0. The largest absolute Gasteiger partial charge is 0.439 e. The van der Waals surface area contributed by atoms with Crippen molar-refractivity contribution in [3.05, 3.63) is 48.2 Å². The van der Waals surface area contributed by atoms with E-state index in [0.717, 1.165) is 19.4 Å². The van der Waals surface area contributed by atoms with Gasteiger partial charge in [0.2, 0.25) is 5.88 Å². The molecule has 0 spiro atoms. The molecule has 0 unspecified atom stereocenters. The summed E-state index contributed by atoms with van der Waals surface area (Å²) in [5.41, 5.74) is 1.07. The summed E-state index contributed by atoms with van der Waals surface area (Å²) >= 11 is 0. The van der Waals surface area contributed by atoms with Crippen LogP contribution in [0.2, 0.25) is 0 Å². The molecule has 25 heavy (non-hydrogen) atoms. The Hall–Kier alpha value is -3.11. The Morgan fingerprint density at radius 2 is 2.32 bits per heavy atom. The molecule has 1 aromatic heterocycles. The second kappa shape index (κ2) is 8.13. The maximum Gasteiger partial charge on any atom is 0.319 e. The molecule has 1 atom stereocenters. The number of amides is 2. The molecule has 2 heterocycles. The number of nitrogens with one attached hydrogen (secondary N) is 2. The van der Waals surface area contributed by atoms with Gasteiger partial charge >= 0.3 is 6.03 Å². The van der Waals surface area contributed by atoms with Crippen LogP contribution < -0.4 is 15.4 Å². The summed E-state index contributed by atoms with van der Waals surface area (Å²) in [5, 5.41) is 14.4. The number of anilines is 1. The van der Waals surface area contributed by atoms with E-state index in [1.807, 2.05) is 0 Å². The number of pyridine rings is 1. The fourth-order valence-electron chi connectivity index (χ4n) is 2.45. The van der Waals surface area contributed by atoms with E-state index in [2.05, 4.69) is 21.7 Å². The van der Waals surface area contributed by atoms with Crippen molar-refractivity contribution < 1.29 is 14.3 Å². The number of carbonyl (C=O) groups excluding carboxylic acids is 1. The lowest BCUT2D eigenvalue weighted by atomic mass is 10.2. The molecule has 1 aliphatic rings. The zero-order chi connectivity index (χ0) is 17.5. The van der Waals surface area contributed by atoms with Gasteiger partial charge in [0, 0.05) is 19.2 Å². The first kappa shape index (κ1) is 16.7. The van der Waals surface area contributed by atoms with Gasteiger partial charge in [0.05, 0.1) is 29.6 Å². The van der Waals surface area contributed by atoms with Crippen molar-refractivity contribution in [2.45, 2.75) is 18.9 Å². The Morgan fingerprint density at radius 3 is 3.04 bits per heavy atom. The first-order valence-electron chi connectivity index (χ1n) is 8.03. The smallest absolute Gasteiger partial charge is 0.319 e. The predicted octanol–water partition coefficient (Wildman–Crippen LogP) is 3.05. The molecule has 2 aromatic rings. The Labute approximate surface area is 145 Å². The quantitative estimate of drug-likeness (QED) is 0.873. The molecule has 128 valence electrons. The average Bonchev–Trinajstić information content (AvgIpc) is 3.15. The summed E-state index contributed by atoms with van der Waals surface area (Å²) in [4.78, 5) is 16.0. The van der Waals surface area contributed by atoms with Crippen molar-refractivity contribution in [2.75, 3.05) is 18.5 Å². The monoisotopic (exact) mass is 338 g/mol. The third-order valence-electron chi connectivity index (χ3n) is 3.69. The highest BCUT2D eigenvalue weighted by molar-refractivity contribution is 5.89. The molecule has 3 rings (SSSR count). The summed E-state index contributed by atoms with van der Waals surface area (Å²) in [6.45, 7) is 1.26. The van der Waals surface area contributed by atoms with Crippen LogP contribution >= 0.6 is 0 Å². The van der Waals surface area contributed by atoms with Crippen LogP contribution in [0.1, 0.15) is 18.4 Å².